The van der Waals surface area contributed by atoms with Crippen molar-refractivity contribution in [1.82, 2.24) is 0 Å². The zero-order chi connectivity index (χ0) is 19.0. The smallest absolute Gasteiger partial charge is 0.345 e. The summed E-state index contributed by atoms with van der Waals surface area (Å²) in [6.45, 7) is 2.04. The van der Waals surface area contributed by atoms with Crippen molar-refractivity contribution >= 4 is 11.8 Å². The van der Waals surface area contributed by atoms with E-state index < -0.39 is 11.8 Å². The molecule has 1 aliphatic heterocycles. The molecule has 1 rings (SSSR count). The van der Waals surface area contributed by atoms with Crippen molar-refractivity contribution in [3.8, 4) is 0 Å². The van der Waals surface area contributed by atoms with Crippen molar-refractivity contribution in [3.63, 3.8) is 0 Å². The van der Waals surface area contributed by atoms with Crippen LogP contribution in [0.3, 0.4) is 0 Å². The first-order valence-electron chi connectivity index (χ1n) is 10.8. The quantitative estimate of drug-likeness (QED) is 0.116. The first-order valence-corrected chi connectivity index (χ1v) is 10.8. The molecule has 4 nitrogen and oxygen atoms in total. The summed E-state index contributed by atoms with van der Waals surface area (Å²) in [5.74, 6) is -1.16. The zero-order valence-corrected chi connectivity index (χ0v) is 16.7. The lowest BCUT2D eigenvalue weighted by molar-refractivity contribution is -0.135. The van der Waals surface area contributed by atoms with Crippen LogP contribution in [0, 0.1) is 0 Å². The summed E-state index contributed by atoms with van der Waals surface area (Å²) < 4.78 is 4.62. The van der Waals surface area contributed by atoms with Crippen molar-refractivity contribution in [2.75, 3.05) is 6.61 Å². The molecule has 0 radical (unpaired) electrons. The number of unbranched alkanes of at least 4 members (excludes halogenated alkanes) is 14. The number of Topliss-reactive ketones (excluding diaryl/α,β-unsaturated/α-hetero) is 1. The molecule has 1 aliphatic rings. The van der Waals surface area contributed by atoms with E-state index in [0.29, 0.717) is 6.42 Å². The molecule has 0 spiro atoms. The summed E-state index contributed by atoms with van der Waals surface area (Å²) in [4.78, 5) is 22.7. The number of aliphatic hydroxyl groups excluding tert-OH is 1. The topological polar surface area (TPSA) is 63.6 Å². The molecule has 1 saturated heterocycles. The first kappa shape index (κ1) is 22.7. The van der Waals surface area contributed by atoms with Gasteiger partial charge in [0.1, 0.15) is 11.3 Å². The molecule has 0 saturated carbocycles. The molecule has 0 aromatic heterocycles. The highest BCUT2D eigenvalue weighted by Crippen LogP contribution is 2.19. The lowest BCUT2D eigenvalue weighted by Gasteiger charge is -2.04. The second-order valence-corrected chi connectivity index (χ2v) is 7.52. The van der Waals surface area contributed by atoms with Gasteiger partial charge in [0, 0.05) is 6.42 Å². The highest BCUT2D eigenvalue weighted by Gasteiger charge is 2.31. The van der Waals surface area contributed by atoms with Gasteiger partial charge in [-0.15, -0.1) is 0 Å². The highest BCUT2D eigenvalue weighted by atomic mass is 16.5. The van der Waals surface area contributed by atoms with Crippen LogP contribution in [0.15, 0.2) is 11.3 Å². The van der Waals surface area contributed by atoms with Gasteiger partial charge < -0.3 is 9.84 Å². The predicted octanol–water partition coefficient (Wildman–Crippen LogP) is 6.19. The van der Waals surface area contributed by atoms with E-state index in [1.807, 2.05) is 0 Å². The third-order valence-corrected chi connectivity index (χ3v) is 5.12. The van der Waals surface area contributed by atoms with Crippen molar-refractivity contribution in [3.05, 3.63) is 11.3 Å². The van der Waals surface area contributed by atoms with Crippen molar-refractivity contribution in [2.24, 2.45) is 0 Å². The monoisotopic (exact) mass is 366 g/mol. The Labute approximate surface area is 159 Å². The number of esters is 1. The number of allylic oxidation sites excluding steroid dienone is 1. The van der Waals surface area contributed by atoms with E-state index in [0.717, 1.165) is 19.3 Å². The standard InChI is InChI=1S/C22H38O4/c1-2-3-4-5-6-7-8-9-10-11-12-13-14-15-16-17-19(23)21-20(24)18-26-22(21)25/h23H,2-18H2,1H3. The Balaban J connectivity index is 1.86. The maximum absolute atomic E-state index is 11.4. The van der Waals surface area contributed by atoms with Gasteiger partial charge in [-0.3, -0.25) is 4.79 Å². The molecule has 150 valence electrons. The number of carbonyl (C=O) groups is 2. The Morgan fingerprint density at radius 2 is 1.19 bits per heavy atom. The van der Waals surface area contributed by atoms with Crippen molar-refractivity contribution in [2.45, 2.75) is 110 Å². The van der Waals surface area contributed by atoms with Gasteiger partial charge in [0.25, 0.3) is 0 Å². The lowest BCUT2D eigenvalue weighted by atomic mass is 10.0. The molecular weight excluding hydrogens is 328 g/mol. The molecule has 26 heavy (non-hydrogen) atoms. The molecular formula is C22H38O4. The van der Waals surface area contributed by atoms with E-state index in [1.165, 1.54) is 77.0 Å². The second-order valence-electron chi connectivity index (χ2n) is 7.52. The average Bonchev–Trinajstić information content (AvgIpc) is 2.96. The minimum Gasteiger partial charge on any atom is -0.511 e. The zero-order valence-electron chi connectivity index (χ0n) is 16.7. The Kier molecular flexibility index (Phi) is 12.9. The number of ketones is 1. The predicted molar refractivity (Wildman–Crippen MR) is 105 cm³/mol. The van der Waals surface area contributed by atoms with Crippen LogP contribution in [0.5, 0.6) is 0 Å². The van der Waals surface area contributed by atoms with Gasteiger partial charge in [-0.25, -0.2) is 4.79 Å². The Bertz CT molecular complexity index is 421. The van der Waals surface area contributed by atoms with Crippen LogP contribution in [0.4, 0.5) is 0 Å². The Hall–Kier alpha value is -1.32. The number of cyclic esters (lactones) is 1. The lowest BCUT2D eigenvalue weighted by Crippen LogP contribution is -2.05. The van der Waals surface area contributed by atoms with Gasteiger partial charge in [0.2, 0.25) is 5.78 Å². The van der Waals surface area contributed by atoms with Crippen LogP contribution in [0.25, 0.3) is 0 Å². The molecule has 1 heterocycles. The fraction of sp³-hybridized carbons (Fsp3) is 0.818. The van der Waals surface area contributed by atoms with Crippen molar-refractivity contribution in [1.29, 1.82) is 0 Å². The molecule has 0 aromatic carbocycles. The van der Waals surface area contributed by atoms with Crippen LogP contribution in [0.1, 0.15) is 110 Å². The summed E-state index contributed by atoms with van der Waals surface area (Å²) in [6, 6.07) is 0. The number of rotatable bonds is 16. The van der Waals surface area contributed by atoms with E-state index in [-0.39, 0.29) is 17.9 Å². The van der Waals surface area contributed by atoms with Crippen molar-refractivity contribution < 1.29 is 19.4 Å². The number of ether oxygens (including phenoxy) is 1. The van der Waals surface area contributed by atoms with E-state index in [2.05, 4.69) is 11.7 Å². The Morgan fingerprint density at radius 1 is 0.769 bits per heavy atom. The summed E-state index contributed by atoms with van der Waals surface area (Å²) in [5, 5.41) is 9.85. The molecule has 4 heteroatoms. The van der Waals surface area contributed by atoms with Gasteiger partial charge in [-0.1, -0.05) is 96.8 Å². The van der Waals surface area contributed by atoms with Gasteiger partial charge in [0.05, 0.1) is 0 Å². The van der Waals surface area contributed by atoms with Crippen LogP contribution >= 0.6 is 0 Å². The molecule has 0 bridgehead atoms. The van der Waals surface area contributed by atoms with Gasteiger partial charge in [-0.2, -0.15) is 0 Å². The normalized spacial score (nSPS) is 16.2. The Morgan fingerprint density at radius 3 is 1.58 bits per heavy atom. The molecule has 0 unspecified atom stereocenters. The van der Waals surface area contributed by atoms with E-state index in [1.54, 1.807) is 0 Å². The van der Waals surface area contributed by atoms with Gasteiger partial charge in [-0.05, 0) is 6.42 Å². The minimum atomic E-state index is -0.673. The maximum atomic E-state index is 11.4. The third kappa shape index (κ3) is 9.98. The van der Waals surface area contributed by atoms with Gasteiger partial charge in [0.15, 0.2) is 6.61 Å². The largest absolute Gasteiger partial charge is 0.511 e. The third-order valence-electron chi connectivity index (χ3n) is 5.12. The summed E-state index contributed by atoms with van der Waals surface area (Å²) in [6.07, 6.45) is 19.7. The summed E-state index contributed by atoms with van der Waals surface area (Å²) in [7, 11) is 0. The van der Waals surface area contributed by atoms with E-state index >= 15 is 0 Å². The molecule has 0 aromatic rings. The molecule has 1 fully saturated rings. The van der Waals surface area contributed by atoms with Crippen LogP contribution in [-0.2, 0) is 14.3 Å². The van der Waals surface area contributed by atoms with Crippen LogP contribution in [-0.4, -0.2) is 23.5 Å². The average molecular weight is 367 g/mol. The molecule has 0 atom stereocenters. The minimum absolute atomic E-state index is 0.0906. The van der Waals surface area contributed by atoms with Gasteiger partial charge >= 0.3 is 5.97 Å². The van der Waals surface area contributed by atoms with E-state index in [9.17, 15) is 14.7 Å². The molecule has 0 amide bonds. The first-order chi connectivity index (χ1) is 12.7. The summed E-state index contributed by atoms with van der Waals surface area (Å²) in [5.41, 5.74) is -0.129. The second kappa shape index (κ2) is 14.8. The number of hydrogen-bond donors (Lipinski definition) is 1. The number of hydrogen-bond acceptors (Lipinski definition) is 4. The van der Waals surface area contributed by atoms with E-state index in [4.69, 9.17) is 0 Å². The SMILES string of the molecule is CCCCCCCCCCCCCCCCCC(O)=C1C(=O)COC1=O. The molecule has 0 aliphatic carbocycles. The number of aliphatic hydroxyl groups is 1. The number of carbonyl (C=O) groups excluding carboxylic acids is 2. The molecule has 1 N–H and O–H groups in total. The highest BCUT2D eigenvalue weighted by molar-refractivity contribution is 6.22. The summed E-state index contributed by atoms with van der Waals surface area (Å²) >= 11 is 0. The van der Waals surface area contributed by atoms with Crippen LogP contribution < -0.4 is 0 Å². The van der Waals surface area contributed by atoms with Crippen LogP contribution in [0.2, 0.25) is 0 Å². The fourth-order valence-electron chi connectivity index (χ4n) is 3.46. The fourth-order valence-corrected chi connectivity index (χ4v) is 3.46. The maximum Gasteiger partial charge on any atom is 0.345 e.